The van der Waals surface area contributed by atoms with Crippen LogP contribution in [0.1, 0.15) is 47.8 Å². The van der Waals surface area contributed by atoms with Crippen molar-refractivity contribution >= 4 is 15.4 Å². The first-order chi connectivity index (χ1) is 14.4. The van der Waals surface area contributed by atoms with Crippen LogP contribution >= 0.6 is 0 Å². The smallest absolute Gasteiger partial charge is 0.158 e. The van der Waals surface area contributed by atoms with E-state index in [1.807, 2.05) is 47.2 Å². The SMILES string of the molecule is CC(C)c1cnn2ccc(-c3ccnc(Cc4ccc5c(c4)CS(=O)(=O)C5)n3)cc12. The van der Waals surface area contributed by atoms with Crippen LogP contribution in [0.15, 0.2) is 55.0 Å². The maximum Gasteiger partial charge on any atom is 0.158 e. The van der Waals surface area contributed by atoms with Gasteiger partial charge in [0.25, 0.3) is 0 Å². The molecule has 0 aliphatic carbocycles. The lowest BCUT2D eigenvalue weighted by Gasteiger charge is -2.07. The van der Waals surface area contributed by atoms with Crippen molar-refractivity contribution in [1.82, 2.24) is 19.6 Å². The van der Waals surface area contributed by atoms with Crippen LogP contribution in [-0.4, -0.2) is 28.0 Å². The molecule has 1 aliphatic rings. The van der Waals surface area contributed by atoms with Crippen molar-refractivity contribution in [2.75, 3.05) is 0 Å². The quantitative estimate of drug-likeness (QED) is 0.502. The molecular formula is C23H22N4O2S. The second-order valence-electron chi connectivity index (χ2n) is 8.17. The molecule has 0 saturated carbocycles. The number of aromatic nitrogens is 4. The van der Waals surface area contributed by atoms with Gasteiger partial charge in [-0.05, 0) is 40.8 Å². The Labute approximate surface area is 175 Å². The van der Waals surface area contributed by atoms with Gasteiger partial charge in [0.2, 0.25) is 0 Å². The molecule has 0 N–H and O–H groups in total. The van der Waals surface area contributed by atoms with Gasteiger partial charge in [-0.25, -0.2) is 22.9 Å². The van der Waals surface area contributed by atoms with Crippen molar-refractivity contribution in [2.45, 2.75) is 37.7 Å². The summed E-state index contributed by atoms with van der Waals surface area (Å²) in [6.45, 7) is 4.32. The molecule has 0 amide bonds. The van der Waals surface area contributed by atoms with Crippen molar-refractivity contribution in [3.05, 3.63) is 83.1 Å². The molecule has 1 aliphatic heterocycles. The van der Waals surface area contributed by atoms with E-state index in [1.165, 1.54) is 5.56 Å². The highest BCUT2D eigenvalue weighted by atomic mass is 32.2. The lowest BCUT2D eigenvalue weighted by atomic mass is 10.0. The van der Waals surface area contributed by atoms with Crippen LogP contribution in [0.4, 0.5) is 0 Å². The zero-order valence-electron chi connectivity index (χ0n) is 16.9. The summed E-state index contributed by atoms with van der Waals surface area (Å²) in [7, 11) is -3.00. The molecule has 0 atom stereocenters. The molecule has 0 fully saturated rings. The molecule has 0 unspecified atom stereocenters. The second-order valence-corrected chi connectivity index (χ2v) is 10.2. The van der Waals surface area contributed by atoms with E-state index >= 15 is 0 Å². The van der Waals surface area contributed by atoms with Crippen molar-refractivity contribution in [3.63, 3.8) is 0 Å². The molecule has 6 nitrogen and oxygen atoms in total. The first-order valence-electron chi connectivity index (χ1n) is 9.99. The number of benzene rings is 1. The largest absolute Gasteiger partial charge is 0.241 e. The maximum atomic E-state index is 11.9. The van der Waals surface area contributed by atoms with Crippen LogP contribution in [0.5, 0.6) is 0 Å². The fourth-order valence-corrected chi connectivity index (χ4v) is 5.62. The summed E-state index contributed by atoms with van der Waals surface area (Å²) >= 11 is 0. The minimum absolute atomic E-state index is 0.126. The van der Waals surface area contributed by atoms with Crippen molar-refractivity contribution in [3.8, 4) is 11.3 Å². The Bertz CT molecular complexity index is 1370. The minimum atomic E-state index is -3.00. The standard InChI is InChI=1S/C23H22N4O2S/c1-15(2)20-12-25-27-8-6-17(11-22(20)27)21-5-7-24-23(26-21)10-16-3-4-18-13-30(28,29)14-19(18)9-16/h3-9,11-12,15H,10,13-14H2,1-2H3. The topological polar surface area (TPSA) is 77.2 Å². The number of fused-ring (bicyclic) bond motifs is 2. The van der Waals surface area contributed by atoms with Crippen LogP contribution in [0.3, 0.4) is 0 Å². The summed E-state index contributed by atoms with van der Waals surface area (Å²) in [6, 6.07) is 11.9. The van der Waals surface area contributed by atoms with Gasteiger partial charge in [-0.1, -0.05) is 32.0 Å². The van der Waals surface area contributed by atoms with E-state index in [1.54, 1.807) is 6.20 Å². The van der Waals surface area contributed by atoms with Crippen molar-refractivity contribution in [1.29, 1.82) is 0 Å². The third-order valence-electron chi connectivity index (χ3n) is 5.56. The highest BCUT2D eigenvalue weighted by Gasteiger charge is 2.24. The minimum Gasteiger partial charge on any atom is -0.241 e. The molecule has 0 radical (unpaired) electrons. The number of pyridine rings is 1. The number of rotatable bonds is 4. The van der Waals surface area contributed by atoms with E-state index in [4.69, 9.17) is 4.98 Å². The Balaban J connectivity index is 1.45. The summed E-state index contributed by atoms with van der Waals surface area (Å²) < 4.78 is 25.6. The van der Waals surface area contributed by atoms with Gasteiger partial charge in [0, 0.05) is 29.9 Å². The van der Waals surface area contributed by atoms with E-state index in [9.17, 15) is 8.42 Å². The van der Waals surface area contributed by atoms with E-state index in [0.29, 0.717) is 18.2 Å². The lowest BCUT2D eigenvalue weighted by molar-refractivity contribution is 0.598. The molecule has 3 aromatic heterocycles. The van der Waals surface area contributed by atoms with Gasteiger partial charge < -0.3 is 0 Å². The Morgan fingerprint density at radius 3 is 2.73 bits per heavy atom. The molecule has 0 saturated heterocycles. The zero-order valence-corrected chi connectivity index (χ0v) is 17.7. The number of nitrogens with zero attached hydrogens (tertiary/aromatic N) is 4. The highest BCUT2D eigenvalue weighted by Crippen LogP contribution is 2.27. The maximum absolute atomic E-state index is 11.9. The van der Waals surface area contributed by atoms with Gasteiger partial charge in [0.15, 0.2) is 9.84 Å². The third-order valence-corrected chi connectivity index (χ3v) is 7.06. The number of hydrogen-bond donors (Lipinski definition) is 0. The predicted octanol–water partition coefficient (Wildman–Crippen LogP) is 3.93. The Kier molecular flexibility index (Phi) is 4.43. The molecule has 7 heteroatoms. The molecule has 4 aromatic rings. The Morgan fingerprint density at radius 1 is 1.07 bits per heavy atom. The van der Waals surface area contributed by atoms with Crippen molar-refractivity contribution in [2.24, 2.45) is 0 Å². The summed E-state index contributed by atoms with van der Waals surface area (Å²) in [5.74, 6) is 1.37. The second kappa shape index (κ2) is 7.02. The van der Waals surface area contributed by atoms with Crippen LogP contribution in [0.2, 0.25) is 0 Å². The molecule has 4 heterocycles. The van der Waals surface area contributed by atoms with Crippen LogP contribution in [0.25, 0.3) is 16.8 Å². The number of hydrogen-bond acceptors (Lipinski definition) is 5. The fourth-order valence-electron chi connectivity index (χ4n) is 4.02. The zero-order chi connectivity index (χ0) is 20.9. The predicted molar refractivity (Wildman–Crippen MR) is 116 cm³/mol. The first-order valence-corrected chi connectivity index (χ1v) is 11.8. The van der Waals surface area contributed by atoms with Gasteiger partial charge in [0.05, 0.1) is 28.9 Å². The van der Waals surface area contributed by atoms with Gasteiger partial charge in [-0.3, -0.25) is 0 Å². The summed E-state index contributed by atoms with van der Waals surface area (Å²) in [4.78, 5) is 9.20. The fraction of sp³-hybridized carbons (Fsp3) is 0.261. The Hall–Kier alpha value is -3.06. The average Bonchev–Trinajstić information content (AvgIpc) is 3.26. The summed E-state index contributed by atoms with van der Waals surface area (Å²) in [5.41, 5.74) is 7.01. The van der Waals surface area contributed by atoms with Crippen LogP contribution < -0.4 is 0 Å². The average molecular weight is 419 g/mol. The van der Waals surface area contributed by atoms with Crippen molar-refractivity contribution < 1.29 is 8.42 Å². The molecule has 152 valence electrons. The first kappa shape index (κ1) is 18.9. The molecule has 1 aromatic carbocycles. The van der Waals surface area contributed by atoms with Gasteiger partial charge in [0.1, 0.15) is 5.82 Å². The molecule has 5 rings (SSSR count). The van der Waals surface area contributed by atoms with E-state index in [-0.39, 0.29) is 11.5 Å². The highest BCUT2D eigenvalue weighted by molar-refractivity contribution is 7.90. The Morgan fingerprint density at radius 2 is 1.90 bits per heavy atom. The van der Waals surface area contributed by atoms with E-state index in [0.717, 1.165) is 33.5 Å². The van der Waals surface area contributed by atoms with Gasteiger partial charge >= 0.3 is 0 Å². The number of sulfone groups is 1. The summed E-state index contributed by atoms with van der Waals surface area (Å²) in [5, 5.41) is 4.43. The molecular weight excluding hydrogens is 396 g/mol. The van der Waals surface area contributed by atoms with Gasteiger partial charge in [-0.2, -0.15) is 5.10 Å². The lowest BCUT2D eigenvalue weighted by Crippen LogP contribution is -1.99. The molecule has 30 heavy (non-hydrogen) atoms. The van der Waals surface area contributed by atoms with Crippen LogP contribution in [-0.2, 0) is 27.8 Å². The van der Waals surface area contributed by atoms with Crippen LogP contribution in [0, 0.1) is 0 Å². The third kappa shape index (κ3) is 3.50. The normalized spacial score (nSPS) is 15.0. The summed E-state index contributed by atoms with van der Waals surface area (Å²) in [6.07, 6.45) is 6.22. The monoisotopic (exact) mass is 418 g/mol. The van der Waals surface area contributed by atoms with E-state index < -0.39 is 9.84 Å². The molecule has 0 spiro atoms. The molecule has 0 bridgehead atoms. The van der Waals surface area contributed by atoms with Gasteiger partial charge in [-0.15, -0.1) is 0 Å². The van der Waals surface area contributed by atoms with E-state index in [2.05, 4.69) is 30.0 Å².